The lowest BCUT2D eigenvalue weighted by Crippen LogP contribution is -2.10. The number of hydrogen-bond donors (Lipinski definition) is 0. The third-order valence-electron chi connectivity index (χ3n) is 1.00. The van der Waals surface area contributed by atoms with Crippen molar-refractivity contribution in [3.63, 3.8) is 0 Å². The van der Waals surface area contributed by atoms with Crippen LogP contribution in [0.2, 0.25) is 12.4 Å². The highest BCUT2D eigenvalue weighted by molar-refractivity contribution is 6.74. The maximum absolute atomic E-state index is 1.69. The molecule has 1 rings (SSSR count). The van der Waals surface area contributed by atoms with Crippen molar-refractivity contribution >= 4 is 45.7 Å². The zero-order valence-electron chi connectivity index (χ0n) is 3.85. The molecule has 0 amide bonds. The Morgan fingerprint density at radius 1 is 0.667 bits per heavy atom. The van der Waals surface area contributed by atoms with Crippen LogP contribution in [0.25, 0.3) is 0 Å². The molecule has 27 valence electrons. The Hall–Kier alpha value is 1.60. The van der Waals surface area contributed by atoms with Gasteiger partial charge in [0.1, 0.15) is 0 Å². The Morgan fingerprint density at radius 2 is 1.00 bits per heavy atom. The third-order valence-corrected chi connectivity index (χ3v) is 9.00. The lowest BCUT2D eigenvalue weighted by atomic mass is 11.8. The van der Waals surface area contributed by atoms with E-state index in [-0.39, 0.29) is 0 Å². The molecule has 0 bridgehead atoms. The predicted molar refractivity (Wildman–Crippen MR) is 31.7 cm³/mol. The summed E-state index contributed by atoms with van der Waals surface area (Å²) < 4.78 is 5.06. The second kappa shape index (κ2) is 3.58. The fourth-order valence-corrected chi connectivity index (χ4v) is 11.0. The molecule has 0 spiro atoms. The maximum Gasteiger partial charge on any atom is 0.165 e. The van der Waals surface area contributed by atoms with Gasteiger partial charge in [0.2, 0.25) is 0 Å². The van der Waals surface area contributed by atoms with Gasteiger partial charge in [-0.05, 0) is 0 Å². The standard InChI is InChI=1S/3CH2.3Al/h3*1H2;;;. The van der Waals surface area contributed by atoms with E-state index in [9.17, 15) is 0 Å². The summed E-state index contributed by atoms with van der Waals surface area (Å²) in [5.74, 6) is 0. The lowest BCUT2D eigenvalue weighted by molar-refractivity contribution is 1.71. The van der Waals surface area contributed by atoms with Crippen molar-refractivity contribution in [2.75, 3.05) is 0 Å². The number of hydrogen-bond acceptors (Lipinski definition) is 0. The van der Waals surface area contributed by atoms with Gasteiger partial charge in [0.05, 0.1) is 0 Å². The van der Waals surface area contributed by atoms with Crippen LogP contribution in [0.3, 0.4) is 0 Å². The first-order valence-electron chi connectivity index (χ1n) is 2.45. The average molecular weight is 123 g/mol. The first-order chi connectivity index (χ1) is 3.00. The topological polar surface area (TPSA) is 0 Å². The molecule has 0 aromatic carbocycles. The molecule has 0 nitrogen and oxygen atoms in total. The zero-order valence-corrected chi connectivity index (χ0v) is 7.32. The van der Waals surface area contributed by atoms with Crippen LogP contribution in [-0.2, 0) is 0 Å². The van der Waals surface area contributed by atoms with Gasteiger partial charge in [-0.3, -0.25) is 0 Å². The van der Waals surface area contributed by atoms with Crippen molar-refractivity contribution in [1.29, 1.82) is 0 Å². The molecule has 3 radical (unpaired) electrons. The molecule has 0 N–H and O–H groups in total. The summed E-state index contributed by atoms with van der Waals surface area (Å²) in [5.41, 5.74) is 0. The predicted octanol–water partition coefficient (Wildman–Crippen LogP) is 0.240. The molecule has 1 aliphatic heterocycles. The van der Waals surface area contributed by atoms with Crippen molar-refractivity contribution in [1.82, 2.24) is 0 Å². The second-order valence-corrected chi connectivity index (χ2v) is 8.96. The molecule has 1 heterocycles. The summed E-state index contributed by atoms with van der Waals surface area (Å²) in [6.45, 7) is 0. The van der Waals surface area contributed by atoms with Crippen LogP contribution in [0.15, 0.2) is 0 Å². The van der Waals surface area contributed by atoms with Crippen LogP contribution < -0.4 is 0 Å². The summed E-state index contributed by atoms with van der Waals surface area (Å²) in [5, 5.41) is 0. The van der Waals surface area contributed by atoms with Gasteiger partial charge in [-0.15, -0.1) is 0 Å². The second-order valence-electron chi connectivity index (χ2n) is 1.57. The van der Waals surface area contributed by atoms with Gasteiger partial charge in [0, 0.05) is 0 Å². The molecular formula is C3H6Al3. The van der Waals surface area contributed by atoms with Crippen LogP contribution in [0.4, 0.5) is 0 Å². The summed E-state index contributed by atoms with van der Waals surface area (Å²) in [6.07, 6.45) is 0. The van der Waals surface area contributed by atoms with Crippen molar-refractivity contribution in [2.24, 2.45) is 0 Å². The van der Waals surface area contributed by atoms with E-state index in [4.69, 9.17) is 0 Å². The largest absolute Gasteiger partial charge is 0.165 e. The van der Waals surface area contributed by atoms with Gasteiger partial charge in [-0.25, -0.2) is 0 Å². The SMILES string of the molecule is [CH2]1[Al][CH2][Al][CH2][Al]1. The zero-order chi connectivity index (χ0) is 4.24. The van der Waals surface area contributed by atoms with Crippen molar-refractivity contribution in [3.05, 3.63) is 0 Å². The molecule has 1 saturated heterocycles. The van der Waals surface area contributed by atoms with E-state index in [0.29, 0.717) is 0 Å². The Labute approximate surface area is 57.8 Å². The van der Waals surface area contributed by atoms with E-state index in [0.717, 1.165) is 45.7 Å². The van der Waals surface area contributed by atoms with Gasteiger partial charge in [0.15, 0.2) is 45.7 Å². The van der Waals surface area contributed by atoms with Crippen molar-refractivity contribution in [2.45, 2.75) is 12.4 Å². The highest BCUT2D eigenvalue weighted by Gasteiger charge is 2.02. The first-order valence-corrected chi connectivity index (χ1v) is 7.35. The van der Waals surface area contributed by atoms with Gasteiger partial charge in [-0.1, -0.05) is 0 Å². The van der Waals surface area contributed by atoms with Crippen LogP contribution in [-0.4, -0.2) is 45.7 Å². The summed E-state index contributed by atoms with van der Waals surface area (Å²) >= 11 is 2.94. The molecule has 3 heteroatoms. The molecule has 0 atom stereocenters. The smallest absolute Gasteiger partial charge is 0.153 e. The number of rotatable bonds is 0. The molecule has 0 aliphatic carbocycles. The fourth-order valence-electron chi connectivity index (χ4n) is 0.642. The van der Waals surface area contributed by atoms with Gasteiger partial charge < -0.3 is 0 Å². The highest BCUT2D eigenvalue weighted by Crippen LogP contribution is 1.94. The summed E-state index contributed by atoms with van der Waals surface area (Å²) in [6, 6.07) is 0. The monoisotopic (exact) mass is 123 g/mol. The molecule has 0 aromatic rings. The van der Waals surface area contributed by atoms with E-state index in [2.05, 4.69) is 0 Å². The molecule has 0 saturated carbocycles. The molecule has 6 heavy (non-hydrogen) atoms. The minimum Gasteiger partial charge on any atom is -0.153 e. The fraction of sp³-hybridized carbons (Fsp3) is 1.00. The van der Waals surface area contributed by atoms with Crippen LogP contribution in [0.5, 0.6) is 0 Å². The van der Waals surface area contributed by atoms with Crippen LogP contribution in [0, 0.1) is 0 Å². The molecular weight excluding hydrogens is 117 g/mol. The first kappa shape index (κ1) is 5.73. The molecule has 1 aliphatic rings. The quantitative estimate of drug-likeness (QED) is 0.405. The average Bonchev–Trinajstić information content (AvgIpc) is 1.72. The van der Waals surface area contributed by atoms with Gasteiger partial charge in [0.25, 0.3) is 0 Å². The minimum absolute atomic E-state index is 0.979. The Bertz CT molecular complexity index is 21.5. The molecule has 0 aromatic heterocycles. The van der Waals surface area contributed by atoms with Crippen LogP contribution in [0.1, 0.15) is 0 Å². The third kappa shape index (κ3) is 2.05. The van der Waals surface area contributed by atoms with Crippen molar-refractivity contribution in [3.8, 4) is 0 Å². The lowest BCUT2D eigenvalue weighted by Gasteiger charge is -2.00. The maximum atomic E-state index is 1.69. The van der Waals surface area contributed by atoms with E-state index in [1.54, 1.807) is 12.4 Å². The normalized spacial score (nSPS) is 20.0. The Morgan fingerprint density at radius 3 is 1.17 bits per heavy atom. The van der Waals surface area contributed by atoms with Crippen molar-refractivity contribution < 1.29 is 0 Å². The molecule has 0 unspecified atom stereocenters. The van der Waals surface area contributed by atoms with Gasteiger partial charge >= 0.3 is 0 Å². The Balaban J connectivity index is 2.00. The van der Waals surface area contributed by atoms with E-state index >= 15 is 0 Å². The summed E-state index contributed by atoms with van der Waals surface area (Å²) in [4.78, 5) is 0. The Kier molecular flexibility index (Phi) is 3.42. The van der Waals surface area contributed by atoms with E-state index in [1.807, 2.05) is 0 Å². The van der Waals surface area contributed by atoms with E-state index < -0.39 is 0 Å². The van der Waals surface area contributed by atoms with Crippen LogP contribution >= 0.6 is 0 Å². The highest BCUT2D eigenvalue weighted by atomic mass is 27.2. The summed E-state index contributed by atoms with van der Waals surface area (Å²) in [7, 11) is 0. The van der Waals surface area contributed by atoms with E-state index in [1.165, 1.54) is 0 Å². The van der Waals surface area contributed by atoms with Gasteiger partial charge in [-0.2, -0.15) is 12.4 Å². The minimum atomic E-state index is 0.979. The molecule has 1 fully saturated rings.